The first kappa shape index (κ1) is 13.2. The normalized spacial score (nSPS) is 13.8. The van der Waals surface area contributed by atoms with Gasteiger partial charge < -0.3 is 5.73 Å². The van der Waals surface area contributed by atoms with E-state index in [2.05, 4.69) is 53.2 Å². The van der Waals surface area contributed by atoms with Crippen LogP contribution in [0.3, 0.4) is 0 Å². The number of nitrogens with two attached hydrogens (primary N) is 1. The van der Waals surface area contributed by atoms with Crippen molar-refractivity contribution in [2.75, 3.05) is 13.6 Å². The highest BCUT2D eigenvalue weighted by Gasteiger charge is 2.17. The van der Waals surface area contributed by atoms with E-state index in [0.717, 1.165) is 13.1 Å². The Kier molecular flexibility index (Phi) is 5.26. The molecule has 0 saturated heterocycles. The molecule has 0 fully saturated rings. The van der Waals surface area contributed by atoms with Gasteiger partial charge in [-0.1, -0.05) is 13.8 Å². The van der Waals surface area contributed by atoms with Gasteiger partial charge in [0.05, 0.1) is 3.79 Å². The predicted octanol–water partition coefficient (Wildman–Crippen LogP) is 2.93. The third-order valence-corrected chi connectivity index (χ3v) is 4.18. The van der Waals surface area contributed by atoms with Gasteiger partial charge in [-0.15, -0.1) is 11.3 Å². The second-order valence-corrected chi connectivity index (χ2v) is 6.51. The first-order chi connectivity index (χ1) is 7.04. The third-order valence-electron chi connectivity index (χ3n) is 2.63. The summed E-state index contributed by atoms with van der Waals surface area (Å²) < 4.78 is 1.19. The zero-order valence-corrected chi connectivity index (χ0v) is 11.9. The van der Waals surface area contributed by atoms with Crippen molar-refractivity contribution in [3.8, 4) is 0 Å². The Morgan fingerprint density at radius 2 is 2.20 bits per heavy atom. The van der Waals surface area contributed by atoms with Gasteiger partial charge in [0.1, 0.15) is 0 Å². The highest BCUT2D eigenvalue weighted by Crippen LogP contribution is 2.22. The molecule has 1 heterocycles. The van der Waals surface area contributed by atoms with Crippen LogP contribution in [0.25, 0.3) is 0 Å². The van der Waals surface area contributed by atoms with Gasteiger partial charge in [-0.25, -0.2) is 0 Å². The highest BCUT2D eigenvalue weighted by molar-refractivity contribution is 9.11. The van der Waals surface area contributed by atoms with Crippen LogP contribution in [0.15, 0.2) is 15.2 Å². The van der Waals surface area contributed by atoms with Gasteiger partial charge in [-0.2, -0.15) is 0 Å². The molecule has 4 heteroatoms. The van der Waals surface area contributed by atoms with Gasteiger partial charge in [0.25, 0.3) is 0 Å². The average molecular weight is 291 g/mol. The molecule has 0 aliphatic heterocycles. The fourth-order valence-corrected chi connectivity index (χ4v) is 3.00. The van der Waals surface area contributed by atoms with Crippen LogP contribution in [0.1, 0.15) is 19.4 Å². The van der Waals surface area contributed by atoms with Gasteiger partial charge in [-0.05, 0) is 45.9 Å². The molecule has 2 N–H and O–H groups in total. The summed E-state index contributed by atoms with van der Waals surface area (Å²) in [5.41, 5.74) is 7.14. The average Bonchev–Trinajstić information content (AvgIpc) is 2.51. The number of nitrogens with zero attached hydrogens (tertiary/aromatic N) is 1. The van der Waals surface area contributed by atoms with Crippen LogP contribution in [0.5, 0.6) is 0 Å². The number of thiophene rings is 1. The molecular weight excluding hydrogens is 272 g/mol. The molecular formula is C11H19BrN2S. The number of rotatable bonds is 5. The van der Waals surface area contributed by atoms with E-state index in [1.807, 2.05) is 0 Å². The molecule has 0 spiro atoms. The first-order valence-corrected chi connectivity index (χ1v) is 6.85. The van der Waals surface area contributed by atoms with E-state index in [-0.39, 0.29) is 0 Å². The second-order valence-electron chi connectivity index (χ2n) is 4.22. The molecule has 0 amide bonds. The summed E-state index contributed by atoms with van der Waals surface area (Å²) in [5, 5.41) is 2.19. The molecule has 86 valence electrons. The molecule has 0 aromatic carbocycles. The van der Waals surface area contributed by atoms with E-state index >= 15 is 0 Å². The molecule has 0 aliphatic carbocycles. The van der Waals surface area contributed by atoms with Crippen LogP contribution < -0.4 is 5.73 Å². The molecule has 15 heavy (non-hydrogen) atoms. The highest BCUT2D eigenvalue weighted by atomic mass is 79.9. The summed E-state index contributed by atoms with van der Waals surface area (Å²) in [5.74, 6) is 0.599. The SMILES string of the molecule is CC(C)C(CN)N(C)Cc1csc(Br)c1. The van der Waals surface area contributed by atoms with Crippen molar-refractivity contribution in [1.82, 2.24) is 4.90 Å². The van der Waals surface area contributed by atoms with E-state index < -0.39 is 0 Å². The quantitative estimate of drug-likeness (QED) is 0.904. The zero-order valence-electron chi connectivity index (χ0n) is 9.53. The summed E-state index contributed by atoms with van der Waals surface area (Å²) in [7, 11) is 2.14. The van der Waals surface area contributed by atoms with E-state index in [0.29, 0.717) is 12.0 Å². The Hall–Kier alpha value is 0.100. The van der Waals surface area contributed by atoms with Gasteiger partial charge in [0, 0.05) is 19.1 Å². The summed E-state index contributed by atoms with van der Waals surface area (Å²) in [6.45, 7) is 6.14. The van der Waals surface area contributed by atoms with Crippen LogP contribution in [-0.2, 0) is 6.54 Å². The van der Waals surface area contributed by atoms with Gasteiger partial charge in [-0.3, -0.25) is 4.90 Å². The van der Waals surface area contributed by atoms with Crippen LogP contribution in [0.4, 0.5) is 0 Å². The van der Waals surface area contributed by atoms with Crippen molar-refractivity contribution in [2.45, 2.75) is 26.4 Å². The molecule has 0 radical (unpaired) electrons. The Balaban J connectivity index is 2.57. The van der Waals surface area contributed by atoms with Crippen molar-refractivity contribution in [2.24, 2.45) is 11.7 Å². The number of hydrogen-bond acceptors (Lipinski definition) is 3. The fraction of sp³-hybridized carbons (Fsp3) is 0.636. The number of hydrogen-bond donors (Lipinski definition) is 1. The lowest BCUT2D eigenvalue weighted by atomic mass is 10.0. The maximum atomic E-state index is 5.79. The Labute approximate surface area is 105 Å². The fourth-order valence-electron chi connectivity index (χ4n) is 1.80. The Morgan fingerprint density at radius 1 is 1.53 bits per heavy atom. The Bertz CT molecular complexity index is 299. The van der Waals surface area contributed by atoms with Crippen molar-refractivity contribution in [3.05, 3.63) is 20.8 Å². The number of likely N-dealkylation sites (N-methyl/N-ethyl adjacent to an activating group) is 1. The van der Waals surface area contributed by atoms with Crippen molar-refractivity contribution in [1.29, 1.82) is 0 Å². The van der Waals surface area contributed by atoms with Crippen LogP contribution >= 0.6 is 27.3 Å². The van der Waals surface area contributed by atoms with E-state index in [1.54, 1.807) is 11.3 Å². The van der Waals surface area contributed by atoms with E-state index in [9.17, 15) is 0 Å². The lowest BCUT2D eigenvalue weighted by molar-refractivity contribution is 0.190. The molecule has 1 rings (SSSR count). The lowest BCUT2D eigenvalue weighted by Gasteiger charge is -2.29. The van der Waals surface area contributed by atoms with Crippen molar-refractivity contribution < 1.29 is 0 Å². The summed E-state index contributed by atoms with van der Waals surface area (Å²) in [6.07, 6.45) is 0. The minimum atomic E-state index is 0.462. The molecule has 1 aromatic heterocycles. The topological polar surface area (TPSA) is 29.3 Å². The summed E-state index contributed by atoms with van der Waals surface area (Å²) in [6, 6.07) is 2.64. The smallest absolute Gasteiger partial charge is 0.0701 e. The molecule has 0 saturated carbocycles. The van der Waals surface area contributed by atoms with Gasteiger partial charge >= 0.3 is 0 Å². The zero-order chi connectivity index (χ0) is 11.4. The molecule has 1 atom stereocenters. The lowest BCUT2D eigenvalue weighted by Crippen LogP contribution is -2.41. The van der Waals surface area contributed by atoms with Gasteiger partial charge in [0.15, 0.2) is 0 Å². The van der Waals surface area contributed by atoms with Gasteiger partial charge in [0.2, 0.25) is 0 Å². The maximum absolute atomic E-state index is 5.79. The molecule has 2 nitrogen and oxygen atoms in total. The molecule has 1 unspecified atom stereocenters. The van der Waals surface area contributed by atoms with Crippen LogP contribution in [0, 0.1) is 5.92 Å². The minimum Gasteiger partial charge on any atom is -0.329 e. The van der Waals surface area contributed by atoms with Crippen LogP contribution in [0.2, 0.25) is 0 Å². The predicted molar refractivity (Wildman–Crippen MR) is 71.2 cm³/mol. The number of halogens is 1. The molecule has 1 aromatic rings. The van der Waals surface area contributed by atoms with E-state index in [1.165, 1.54) is 9.35 Å². The van der Waals surface area contributed by atoms with Crippen LogP contribution in [-0.4, -0.2) is 24.5 Å². The molecule has 0 aliphatic rings. The first-order valence-electron chi connectivity index (χ1n) is 5.17. The third kappa shape index (κ3) is 3.87. The standard InChI is InChI=1S/C11H19BrN2S/c1-8(2)10(5-13)14(3)6-9-4-11(12)15-7-9/h4,7-8,10H,5-6,13H2,1-3H3. The molecule has 0 bridgehead atoms. The minimum absolute atomic E-state index is 0.462. The Morgan fingerprint density at radius 3 is 2.60 bits per heavy atom. The maximum Gasteiger partial charge on any atom is 0.0701 e. The monoisotopic (exact) mass is 290 g/mol. The van der Waals surface area contributed by atoms with Crippen molar-refractivity contribution >= 4 is 27.3 Å². The summed E-state index contributed by atoms with van der Waals surface area (Å²) >= 11 is 5.21. The summed E-state index contributed by atoms with van der Waals surface area (Å²) in [4.78, 5) is 2.33. The largest absolute Gasteiger partial charge is 0.329 e. The second kappa shape index (κ2) is 5.99. The van der Waals surface area contributed by atoms with Crippen molar-refractivity contribution in [3.63, 3.8) is 0 Å². The van der Waals surface area contributed by atoms with E-state index in [4.69, 9.17) is 5.73 Å².